The van der Waals surface area contributed by atoms with Crippen LogP contribution >= 0.6 is 34.0 Å². The molecule has 0 unspecified atom stereocenters. The Hall–Kier alpha value is -18.3. The summed E-state index contributed by atoms with van der Waals surface area (Å²) in [5.74, 6) is 0. The van der Waals surface area contributed by atoms with Crippen molar-refractivity contribution in [3.8, 4) is 77.9 Å². The highest BCUT2D eigenvalue weighted by atomic mass is 32.1. The van der Waals surface area contributed by atoms with E-state index >= 15 is 0 Å². The lowest BCUT2D eigenvalue weighted by atomic mass is 9.95. The first-order valence-electron chi connectivity index (χ1n) is 49.5. The van der Waals surface area contributed by atoms with Gasteiger partial charge in [0.25, 0.3) is 0 Å². The topological polar surface area (TPSA) is 36.0 Å². The van der Waals surface area contributed by atoms with E-state index in [1.807, 2.05) is 58.3 Å². The molecule has 0 saturated heterocycles. The normalized spacial score (nSPS) is 11.6. The fraction of sp³-hybridized carbons (Fsp3) is 0. The zero-order valence-corrected chi connectivity index (χ0v) is 81.7. The van der Waals surface area contributed by atoms with E-state index in [0.29, 0.717) is 0 Å². The van der Waals surface area contributed by atoms with E-state index in [9.17, 15) is 0 Å². The molecule has 5 aromatic heterocycles. The van der Waals surface area contributed by atoms with Gasteiger partial charge in [0.1, 0.15) is 11.2 Å². The predicted molar refractivity (Wildman–Crippen MR) is 627 cm³/mol. The molecule has 24 aromatic carbocycles. The lowest BCUT2D eigenvalue weighted by Crippen LogP contribution is -2.10. The van der Waals surface area contributed by atoms with Gasteiger partial charge in [-0.25, -0.2) is 0 Å². The third kappa shape index (κ3) is 15.8. The Morgan fingerprint density at radius 2 is 0.384 bits per heavy atom. The lowest BCUT2D eigenvalue weighted by molar-refractivity contribution is 0.666. The van der Waals surface area contributed by atoms with Crippen molar-refractivity contribution in [3.05, 3.63) is 540 Å². The van der Waals surface area contributed by atoms with Crippen LogP contribution in [0.1, 0.15) is 0 Å². The summed E-state index contributed by atoms with van der Waals surface area (Å²) in [5.41, 5.74) is 30.3. The number of fused-ring (bicyclic) bond motifs is 18. The van der Waals surface area contributed by atoms with Gasteiger partial charge in [0.15, 0.2) is 11.2 Å². The standard InChI is InChI=1S/C46H29NO2.C46H29NS2.C46H31NS/c2*1-2-11-31(12-3-1)35-16-8-13-32-23-24-33(29-40(32)35)30-25-27-34(28-26-30)47(41-19-9-17-38-36-14-4-6-21-43(36)48-45(38)41)42-20-10-18-39-37-15-5-7-22-44(37)49-46(39)42;1-3-11-32(12-4-1)33-23-27-38(28-24-33)47(44-19-10-18-42-41-16-7-8-20-45(41)48-46(42)44)39-29-25-34(26-30-39)37-22-21-36-15-9-17-40(43(36)31-37)35-13-5-2-6-14-35/h2*1-29H;1-31H. The highest BCUT2D eigenvalue weighted by molar-refractivity contribution is 7.27. The minimum Gasteiger partial charge on any atom is -0.454 e. The van der Waals surface area contributed by atoms with Gasteiger partial charge in [-0.3, -0.25) is 0 Å². The van der Waals surface area contributed by atoms with Crippen LogP contribution in [-0.4, -0.2) is 0 Å². The molecule has 0 radical (unpaired) electrons. The average Bonchev–Trinajstić information content (AvgIpc) is 1.59. The SMILES string of the molecule is c1ccc(-c2ccc(N(c3ccc(-c4ccc5cccc(-c6ccccc6)c5c4)cc3)c3cccc4c3sc3ccccc34)cc2)cc1.c1ccc(-c2cccc3ccc(-c4ccc(N(c5cccc6c5oc5ccccc56)c5cccc6c5oc5ccccc56)cc4)cc23)cc1.c1ccc(-c2cccc3ccc(-c4ccc(N(c5cccc6c5sc5ccccc56)c5cccc6c5sc5ccccc56)cc4)cc23)cc1. The van der Waals surface area contributed by atoms with Gasteiger partial charge in [-0.05, 0) is 238 Å². The Balaban J connectivity index is 0.000000109. The minimum atomic E-state index is 0.837. The maximum Gasteiger partial charge on any atom is 0.159 e. The van der Waals surface area contributed by atoms with Crippen molar-refractivity contribution < 1.29 is 8.83 Å². The molecule has 0 N–H and O–H groups in total. The molecular formula is C138H89N3O2S3. The van der Waals surface area contributed by atoms with Crippen molar-refractivity contribution in [2.45, 2.75) is 0 Å². The summed E-state index contributed by atoms with van der Waals surface area (Å²) in [6.45, 7) is 0. The second kappa shape index (κ2) is 37.3. The van der Waals surface area contributed by atoms with Crippen LogP contribution in [0, 0.1) is 0 Å². The predicted octanol–water partition coefficient (Wildman–Crippen LogP) is 41.5. The van der Waals surface area contributed by atoms with Crippen molar-refractivity contribution in [2.75, 3.05) is 14.7 Å². The molecule has 0 aliphatic carbocycles. The van der Waals surface area contributed by atoms with Gasteiger partial charge in [-0.1, -0.05) is 413 Å². The summed E-state index contributed by atoms with van der Waals surface area (Å²) < 4.78 is 21.0. The Bertz CT molecular complexity index is 9390. The van der Waals surface area contributed by atoms with E-state index in [2.05, 4.69) is 530 Å². The van der Waals surface area contributed by atoms with Crippen molar-refractivity contribution in [3.63, 3.8) is 0 Å². The monoisotopic (exact) mass is 1920 g/mol. The maximum atomic E-state index is 6.59. The molecule has 0 atom stereocenters. The van der Waals surface area contributed by atoms with E-state index in [0.717, 1.165) is 83.6 Å². The number of thiophene rings is 3. The highest BCUT2D eigenvalue weighted by Crippen LogP contribution is 2.53. The third-order valence-electron chi connectivity index (χ3n) is 28.6. The third-order valence-corrected chi connectivity index (χ3v) is 32.3. The van der Waals surface area contributed by atoms with Gasteiger partial charge in [0, 0.05) is 90.7 Å². The van der Waals surface area contributed by atoms with Crippen LogP contribution in [0.3, 0.4) is 0 Å². The van der Waals surface area contributed by atoms with E-state index < -0.39 is 0 Å². The summed E-state index contributed by atoms with van der Waals surface area (Å²) in [5, 5.41) is 19.7. The fourth-order valence-corrected chi connectivity index (χ4v) is 25.2. The van der Waals surface area contributed by atoms with Gasteiger partial charge in [-0.15, -0.1) is 34.0 Å². The highest BCUT2D eigenvalue weighted by Gasteiger charge is 2.28. The van der Waals surface area contributed by atoms with Crippen LogP contribution in [0.15, 0.2) is 549 Å². The molecule has 0 bridgehead atoms. The van der Waals surface area contributed by atoms with E-state index in [4.69, 9.17) is 8.83 Å². The molecule has 5 nitrogen and oxygen atoms in total. The van der Waals surface area contributed by atoms with Gasteiger partial charge < -0.3 is 23.5 Å². The number of hydrogen-bond acceptors (Lipinski definition) is 8. The summed E-state index contributed by atoms with van der Waals surface area (Å²) in [4.78, 5) is 7.16. The summed E-state index contributed by atoms with van der Waals surface area (Å²) in [6, 6.07) is 194. The smallest absolute Gasteiger partial charge is 0.159 e. The van der Waals surface area contributed by atoms with Crippen molar-refractivity contribution in [2.24, 2.45) is 0 Å². The van der Waals surface area contributed by atoms with Gasteiger partial charge >= 0.3 is 0 Å². The van der Waals surface area contributed by atoms with Gasteiger partial charge in [0.05, 0.1) is 42.5 Å². The molecule has 0 spiro atoms. The number of benzene rings is 24. The first-order chi connectivity index (χ1) is 72.4. The Kier molecular flexibility index (Phi) is 22.2. The number of hydrogen-bond donors (Lipinski definition) is 0. The lowest BCUT2D eigenvalue weighted by Gasteiger charge is -2.27. The van der Waals surface area contributed by atoms with Crippen LogP contribution < -0.4 is 14.7 Å². The number of furan rings is 2. The van der Waals surface area contributed by atoms with Gasteiger partial charge in [0.2, 0.25) is 0 Å². The molecule has 146 heavy (non-hydrogen) atoms. The van der Waals surface area contributed by atoms with E-state index in [1.54, 1.807) is 0 Å². The largest absolute Gasteiger partial charge is 0.454 e. The van der Waals surface area contributed by atoms with Crippen LogP contribution in [0.25, 0.3) is 215 Å². The van der Waals surface area contributed by atoms with Crippen molar-refractivity contribution >= 4 is 222 Å². The number of rotatable bonds is 16. The first kappa shape index (κ1) is 86.8. The zero-order chi connectivity index (χ0) is 96.5. The average molecular weight is 1920 g/mol. The second-order valence-electron chi connectivity index (χ2n) is 37.1. The molecule has 0 fully saturated rings. The molecule has 0 amide bonds. The first-order valence-corrected chi connectivity index (χ1v) is 52.0. The maximum absolute atomic E-state index is 6.59. The fourth-order valence-electron chi connectivity index (χ4n) is 21.6. The molecule has 0 aliphatic heterocycles. The van der Waals surface area contributed by atoms with Crippen LogP contribution in [0.5, 0.6) is 0 Å². The van der Waals surface area contributed by atoms with Crippen LogP contribution in [0.4, 0.5) is 51.2 Å². The molecule has 8 heteroatoms. The molecule has 0 saturated carbocycles. The number of anilines is 9. The number of para-hydroxylation sites is 4. The number of nitrogens with zero attached hydrogens (tertiary/aromatic N) is 3. The molecule has 29 rings (SSSR count). The quantitative estimate of drug-likeness (QED) is 0.0963. The zero-order valence-electron chi connectivity index (χ0n) is 79.3. The molecule has 29 aromatic rings. The molecule has 0 aliphatic rings. The Morgan fingerprint density at radius 1 is 0.144 bits per heavy atom. The van der Waals surface area contributed by atoms with E-state index in [-0.39, 0.29) is 0 Å². The Morgan fingerprint density at radius 3 is 0.726 bits per heavy atom. The minimum absolute atomic E-state index is 0.837. The molecule has 5 heterocycles. The van der Waals surface area contributed by atoms with Crippen molar-refractivity contribution in [1.82, 2.24) is 0 Å². The molecular weight excluding hydrogens is 1830 g/mol. The van der Waals surface area contributed by atoms with E-state index in [1.165, 1.54) is 182 Å². The van der Waals surface area contributed by atoms with Crippen LogP contribution in [-0.2, 0) is 0 Å². The second-order valence-corrected chi connectivity index (χ2v) is 40.3. The summed E-state index contributed by atoms with van der Waals surface area (Å²) >= 11 is 5.62. The van der Waals surface area contributed by atoms with Crippen molar-refractivity contribution in [1.29, 1.82) is 0 Å². The summed E-state index contributed by atoms with van der Waals surface area (Å²) in [7, 11) is 0. The van der Waals surface area contributed by atoms with Crippen LogP contribution in [0.2, 0.25) is 0 Å². The van der Waals surface area contributed by atoms with Gasteiger partial charge in [-0.2, -0.15) is 0 Å². The Labute approximate surface area is 856 Å². The molecule has 686 valence electrons. The summed E-state index contributed by atoms with van der Waals surface area (Å²) in [6.07, 6.45) is 0.